The highest BCUT2D eigenvalue weighted by molar-refractivity contribution is 5.16. The number of hydrogen-bond donors (Lipinski definition) is 2. The van der Waals surface area contributed by atoms with Crippen molar-refractivity contribution in [3.63, 3.8) is 0 Å². The lowest BCUT2D eigenvalue weighted by atomic mass is 9.44. The number of rotatable bonds is 2. The van der Waals surface area contributed by atoms with Crippen LogP contribution >= 0.6 is 0 Å². The number of aliphatic hydroxyl groups is 2. The van der Waals surface area contributed by atoms with Gasteiger partial charge < -0.3 is 14.9 Å². The van der Waals surface area contributed by atoms with E-state index in [1.54, 1.807) is 0 Å². The van der Waals surface area contributed by atoms with E-state index < -0.39 is 0 Å². The highest BCUT2D eigenvalue weighted by Crippen LogP contribution is 2.67. The van der Waals surface area contributed by atoms with Gasteiger partial charge >= 0.3 is 0 Å². The van der Waals surface area contributed by atoms with Crippen molar-refractivity contribution >= 4 is 0 Å². The minimum Gasteiger partial charge on any atom is -0.396 e. The quantitative estimate of drug-likeness (QED) is 0.809. The summed E-state index contributed by atoms with van der Waals surface area (Å²) in [4.78, 5) is 0. The van der Waals surface area contributed by atoms with Gasteiger partial charge in [0, 0.05) is 12.0 Å². The minimum atomic E-state index is -0.198. The first-order valence-electron chi connectivity index (χ1n) is 9.60. The second kappa shape index (κ2) is 5.44. The van der Waals surface area contributed by atoms with Crippen LogP contribution in [0.1, 0.15) is 79.6 Å². The first kappa shape index (κ1) is 17.7. The molecular weight excluding hydrogens is 288 g/mol. The molecule has 0 bridgehead atoms. The zero-order valence-corrected chi connectivity index (χ0v) is 15.7. The standard InChI is InChI=1S/C20H36O3/c1-14-6-7-15-17(2,3)16(22)8-9-19(15,5)20(14)11-10-18(4,23-20)12-13-21/h14-16,21-22H,6-13H2,1-5H3/t14-,15-,16+,18+,19-,20+/m0/s1. The molecule has 0 aromatic heterocycles. The topological polar surface area (TPSA) is 49.7 Å². The average molecular weight is 325 g/mol. The Labute approximate surface area is 141 Å². The largest absolute Gasteiger partial charge is 0.396 e. The summed E-state index contributed by atoms with van der Waals surface area (Å²) in [7, 11) is 0. The van der Waals surface area contributed by atoms with E-state index in [9.17, 15) is 10.2 Å². The second-order valence-electron chi connectivity index (χ2n) is 9.74. The van der Waals surface area contributed by atoms with Crippen LogP contribution in [-0.4, -0.2) is 34.1 Å². The maximum absolute atomic E-state index is 10.6. The summed E-state index contributed by atoms with van der Waals surface area (Å²) in [6.45, 7) is 11.7. The molecule has 1 spiro atoms. The molecule has 0 radical (unpaired) electrons. The Morgan fingerprint density at radius 1 is 1.00 bits per heavy atom. The van der Waals surface area contributed by atoms with Crippen molar-refractivity contribution in [2.75, 3.05) is 6.61 Å². The smallest absolute Gasteiger partial charge is 0.0772 e. The molecule has 1 saturated heterocycles. The van der Waals surface area contributed by atoms with Crippen LogP contribution in [0.15, 0.2) is 0 Å². The van der Waals surface area contributed by atoms with E-state index in [1.165, 1.54) is 12.8 Å². The predicted molar refractivity (Wildman–Crippen MR) is 92.2 cm³/mol. The maximum atomic E-state index is 10.6. The molecular formula is C20H36O3. The Kier molecular flexibility index (Phi) is 4.18. The van der Waals surface area contributed by atoms with E-state index >= 15 is 0 Å². The first-order valence-corrected chi connectivity index (χ1v) is 9.60. The van der Waals surface area contributed by atoms with E-state index in [2.05, 4.69) is 34.6 Å². The summed E-state index contributed by atoms with van der Waals surface area (Å²) in [5.41, 5.74) is -0.189. The van der Waals surface area contributed by atoms with Gasteiger partial charge in [-0.25, -0.2) is 0 Å². The molecule has 3 heteroatoms. The molecule has 6 atom stereocenters. The molecule has 3 nitrogen and oxygen atoms in total. The van der Waals surface area contributed by atoms with Crippen LogP contribution in [0, 0.1) is 22.7 Å². The molecule has 2 aliphatic carbocycles. The fourth-order valence-corrected chi connectivity index (χ4v) is 6.60. The van der Waals surface area contributed by atoms with Gasteiger partial charge in [-0.1, -0.05) is 27.7 Å². The van der Waals surface area contributed by atoms with Crippen LogP contribution in [0.4, 0.5) is 0 Å². The zero-order chi connectivity index (χ0) is 17.1. The van der Waals surface area contributed by atoms with E-state index in [-0.39, 0.29) is 34.7 Å². The van der Waals surface area contributed by atoms with Crippen molar-refractivity contribution in [1.82, 2.24) is 0 Å². The molecule has 1 aliphatic heterocycles. The maximum Gasteiger partial charge on any atom is 0.0772 e. The third-order valence-corrected chi connectivity index (χ3v) is 8.21. The Bertz CT molecular complexity index is 462. The Morgan fingerprint density at radius 3 is 2.35 bits per heavy atom. The van der Waals surface area contributed by atoms with Crippen LogP contribution in [0.2, 0.25) is 0 Å². The number of ether oxygens (including phenoxy) is 1. The summed E-state index contributed by atoms with van der Waals surface area (Å²) in [5.74, 6) is 1.06. The van der Waals surface area contributed by atoms with Gasteiger partial charge in [-0.2, -0.15) is 0 Å². The van der Waals surface area contributed by atoms with Crippen molar-refractivity contribution in [2.24, 2.45) is 22.7 Å². The van der Waals surface area contributed by atoms with E-state index in [0.717, 1.165) is 32.1 Å². The first-order chi connectivity index (χ1) is 10.6. The summed E-state index contributed by atoms with van der Waals surface area (Å²) in [6.07, 6.45) is 7.00. The summed E-state index contributed by atoms with van der Waals surface area (Å²) in [5, 5.41) is 20.0. The summed E-state index contributed by atoms with van der Waals surface area (Å²) < 4.78 is 6.89. The van der Waals surface area contributed by atoms with Gasteiger partial charge in [0.1, 0.15) is 0 Å². The molecule has 2 N–H and O–H groups in total. The van der Waals surface area contributed by atoms with E-state index in [1.807, 2.05) is 0 Å². The molecule has 0 aromatic rings. The Hall–Kier alpha value is -0.120. The average Bonchev–Trinajstić information content (AvgIpc) is 2.81. The van der Waals surface area contributed by atoms with Crippen LogP contribution in [0.5, 0.6) is 0 Å². The van der Waals surface area contributed by atoms with Crippen molar-refractivity contribution in [1.29, 1.82) is 0 Å². The Balaban J connectivity index is 1.99. The molecule has 0 amide bonds. The van der Waals surface area contributed by atoms with Crippen LogP contribution < -0.4 is 0 Å². The molecule has 2 saturated carbocycles. The summed E-state index contributed by atoms with van der Waals surface area (Å²) >= 11 is 0. The zero-order valence-electron chi connectivity index (χ0n) is 15.7. The molecule has 3 fully saturated rings. The lowest BCUT2D eigenvalue weighted by Crippen LogP contribution is -2.65. The van der Waals surface area contributed by atoms with E-state index in [4.69, 9.17) is 4.74 Å². The van der Waals surface area contributed by atoms with Crippen LogP contribution in [-0.2, 0) is 4.74 Å². The molecule has 3 rings (SSSR count). The number of aliphatic hydroxyl groups excluding tert-OH is 2. The number of fused-ring (bicyclic) bond motifs is 2. The van der Waals surface area contributed by atoms with Crippen LogP contribution in [0.25, 0.3) is 0 Å². The monoisotopic (exact) mass is 324 g/mol. The van der Waals surface area contributed by atoms with Gasteiger partial charge in [-0.05, 0) is 69.1 Å². The fourth-order valence-electron chi connectivity index (χ4n) is 6.60. The SMILES string of the molecule is C[C@H]1CC[C@H]2C(C)(C)[C@H](O)CC[C@]2(C)[C@@]12CC[C@](C)(CCO)O2. The van der Waals surface area contributed by atoms with Gasteiger partial charge in [0.15, 0.2) is 0 Å². The van der Waals surface area contributed by atoms with E-state index in [0.29, 0.717) is 11.8 Å². The molecule has 23 heavy (non-hydrogen) atoms. The second-order valence-corrected chi connectivity index (χ2v) is 9.74. The normalized spacial score (nSPS) is 52.6. The lowest BCUT2D eigenvalue weighted by molar-refractivity contribution is -0.259. The third-order valence-electron chi connectivity index (χ3n) is 8.21. The van der Waals surface area contributed by atoms with Gasteiger partial charge in [0.05, 0.1) is 17.3 Å². The van der Waals surface area contributed by atoms with Crippen LogP contribution in [0.3, 0.4) is 0 Å². The molecule has 0 aromatic carbocycles. The Morgan fingerprint density at radius 2 is 1.70 bits per heavy atom. The minimum absolute atomic E-state index is 0.0422. The molecule has 3 aliphatic rings. The van der Waals surface area contributed by atoms with Gasteiger partial charge in [0.25, 0.3) is 0 Å². The van der Waals surface area contributed by atoms with Gasteiger partial charge in [-0.3, -0.25) is 0 Å². The molecule has 1 heterocycles. The van der Waals surface area contributed by atoms with Crippen molar-refractivity contribution in [3.8, 4) is 0 Å². The highest BCUT2D eigenvalue weighted by Gasteiger charge is 2.67. The molecule has 0 unspecified atom stereocenters. The van der Waals surface area contributed by atoms with Gasteiger partial charge in [-0.15, -0.1) is 0 Å². The highest BCUT2D eigenvalue weighted by atomic mass is 16.5. The predicted octanol–water partition coefficient (Wildman–Crippen LogP) is 3.91. The summed E-state index contributed by atoms with van der Waals surface area (Å²) in [6, 6.07) is 0. The fraction of sp³-hybridized carbons (Fsp3) is 1.00. The van der Waals surface area contributed by atoms with Gasteiger partial charge in [0.2, 0.25) is 0 Å². The van der Waals surface area contributed by atoms with Crippen molar-refractivity contribution in [3.05, 3.63) is 0 Å². The lowest BCUT2D eigenvalue weighted by Gasteiger charge is -2.64. The van der Waals surface area contributed by atoms with Crippen molar-refractivity contribution < 1.29 is 14.9 Å². The number of hydrogen-bond acceptors (Lipinski definition) is 3. The van der Waals surface area contributed by atoms with Crippen molar-refractivity contribution in [2.45, 2.75) is 96.9 Å². The molecule has 134 valence electrons. The third kappa shape index (κ3) is 2.33.